The van der Waals surface area contributed by atoms with Gasteiger partial charge in [0.15, 0.2) is 11.5 Å². The Labute approximate surface area is 183 Å². The summed E-state index contributed by atoms with van der Waals surface area (Å²) in [6, 6.07) is 13.7. The van der Waals surface area contributed by atoms with Crippen molar-refractivity contribution in [3.8, 4) is 11.5 Å². The van der Waals surface area contributed by atoms with E-state index in [1.807, 2.05) is 0 Å². The van der Waals surface area contributed by atoms with Gasteiger partial charge >= 0.3 is 0 Å². The molecule has 0 unspecified atom stereocenters. The molecule has 0 radical (unpaired) electrons. The fourth-order valence-electron chi connectivity index (χ4n) is 2.93. The van der Waals surface area contributed by atoms with E-state index in [-0.39, 0.29) is 16.4 Å². The summed E-state index contributed by atoms with van der Waals surface area (Å²) < 4.78 is 37.4. The number of nitrogens with zero attached hydrogens (tertiary/aromatic N) is 1. The molecule has 160 valence electrons. The van der Waals surface area contributed by atoms with E-state index in [2.05, 4.69) is 5.32 Å². The fourth-order valence-corrected chi connectivity index (χ4v) is 4.68. The van der Waals surface area contributed by atoms with Crippen molar-refractivity contribution in [2.75, 3.05) is 25.6 Å². The molecule has 31 heavy (non-hydrogen) atoms. The number of carbonyl (C=O) groups excluding carboxylic acids is 2. The van der Waals surface area contributed by atoms with Crippen molar-refractivity contribution in [1.29, 1.82) is 0 Å². The summed E-state index contributed by atoms with van der Waals surface area (Å²) in [5, 5.41) is 4.53. The second-order valence-corrected chi connectivity index (χ2v) is 9.51. The van der Waals surface area contributed by atoms with Crippen molar-refractivity contribution < 1.29 is 27.5 Å². The molecule has 0 saturated carbocycles. The van der Waals surface area contributed by atoms with E-state index >= 15 is 0 Å². The molecule has 1 aromatic heterocycles. The van der Waals surface area contributed by atoms with Crippen molar-refractivity contribution in [1.82, 2.24) is 4.31 Å². The monoisotopic (exact) mass is 458 g/mol. The first-order valence-electron chi connectivity index (χ1n) is 9.24. The highest BCUT2D eigenvalue weighted by Crippen LogP contribution is 2.33. The minimum atomic E-state index is -4.10. The summed E-state index contributed by atoms with van der Waals surface area (Å²) in [5.41, 5.74) is 0.657. The van der Waals surface area contributed by atoms with Crippen LogP contribution in [0.2, 0.25) is 0 Å². The van der Waals surface area contributed by atoms with Gasteiger partial charge in [-0.25, -0.2) is 12.7 Å². The number of rotatable bonds is 5. The van der Waals surface area contributed by atoms with Gasteiger partial charge in [-0.3, -0.25) is 9.59 Å². The van der Waals surface area contributed by atoms with Gasteiger partial charge in [-0.05, 0) is 47.8 Å². The summed E-state index contributed by atoms with van der Waals surface area (Å²) in [6.45, 7) is 0.710. The lowest BCUT2D eigenvalue weighted by molar-refractivity contribution is 0.0882. The molecule has 10 heteroatoms. The molecule has 2 aromatic carbocycles. The number of hydrogen-bond acceptors (Lipinski definition) is 7. The minimum absolute atomic E-state index is 0.0765. The van der Waals surface area contributed by atoms with Crippen LogP contribution in [0.25, 0.3) is 0 Å². The van der Waals surface area contributed by atoms with Crippen molar-refractivity contribution in [3.63, 3.8) is 0 Å². The van der Waals surface area contributed by atoms with Crippen molar-refractivity contribution >= 4 is 38.9 Å². The van der Waals surface area contributed by atoms with Crippen LogP contribution in [0.15, 0.2) is 64.9 Å². The minimum Gasteiger partial charge on any atom is -0.486 e. The Bertz CT molecular complexity index is 1220. The smallest absolute Gasteiger partial charge is 0.267 e. The van der Waals surface area contributed by atoms with Gasteiger partial charge in [0, 0.05) is 24.4 Å². The van der Waals surface area contributed by atoms with E-state index in [0.29, 0.717) is 39.6 Å². The number of sulfonamides is 1. The van der Waals surface area contributed by atoms with Gasteiger partial charge in [0.25, 0.3) is 21.8 Å². The van der Waals surface area contributed by atoms with Gasteiger partial charge in [-0.15, -0.1) is 11.3 Å². The van der Waals surface area contributed by atoms with Crippen LogP contribution >= 0.6 is 11.3 Å². The Morgan fingerprint density at radius 1 is 1.00 bits per heavy atom. The molecular weight excluding hydrogens is 440 g/mol. The molecule has 8 nitrogen and oxygen atoms in total. The predicted molar refractivity (Wildman–Crippen MR) is 115 cm³/mol. The molecule has 0 bridgehead atoms. The molecule has 0 fully saturated rings. The molecule has 2 heterocycles. The molecule has 4 rings (SSSR count). The highest BCUT2D eigenvalue weighted by molar-refractivity contribution is 7.89. The standard InChI is InChI=1S/C21H18N2O6S2/c1-23(31(26,27)16-8-9-17-18(13-16)29-11-10-28-17)21(25)14-4-6-15(7-5-14)22-20(24)19-3-2-12-30-19/h2-9,12-13H,10-11H2,1H3,(H,22,24). The highest BCUT2D eigenvalue weighted by Gasteiger charge is 2.28. The van der Waals surface area contributed by atoms with Crippen LogP contribution in [-0.4, -0.2) is 44.8 Å². The van der Waals surface area contributed by atoms with Crippen LogP contribution in [0.3, 0.4) is 0 Å². The molecular formula is C21H18N2O6S2. The van der Waals surface area contributed by atoms with Crippen molar-refractivity contribution in [2.24, 2.45) is 0 Å². The molecule has 0 atom stereocenters. The van der Waals surface area contributed by atoms with Crippen molar-refractivity contribution in [2.45, 2.75) is 4.90 Å². The summed E-state index contributed by atoms with van der Waals surface area (Å²) >= 11 is 1.32. The molecule has 3 aromatic rings. The second-order valence-electron chi connectivity index (χ2n) is 6.59. The molecule has 1 N–H and O–H groups in total. The molecule has 0 saturated heterocycles. The van der Waals surface area contributed by atoms with Crippen LogP contribution in [0.4, 0.5) is 5.69 Å². The molecule has 2 amide bonds. The maximum Gasteiger partial charge on any atom is 0.267 e. The number of thiophene rings is 1. The molecule has 1 aliphatic heterocycles. The van der Waals surface area contributed by atoms with E-state index < -0.39 is 15.9 Å². The summed E-state index contributed by atoms with van der Waals surface area (Å²) in [7, 11) is -2.90. The van der Waals surface area contributed by atoms with E-state index in [0.717, 1.165) is 0 Å². The van der Waals surface area contributed by atoms with Gasteiger partial charge in [0.1, 0.15) is 13.2 Å². The van der Waals surface area contributed by atoms with E-state index in [9.17, 15) is 18.0 Å². The number of ether oxygens (including phenoxy) is 2. The van der Waals surface area contributed by atoms with Crippen molar-refractivity contribution in [3.05, 3.63) is 70.4 Å². The Hall–Kier alpha value is -3.37. The first-order chi connectivity index (χ1) is 14.9. The van der Waals surface area contributed by atoms with Gasteiger partial charge < -0.3 is 14.8 Å². The third-order valence-electron chi connectivity index (χ3n) is 4.59. The largest absolute Gasteiger partial charge is 0.486 e. The first-order valence-corrected chi connectivity index (χ1v) is 11.6. The quantitative estimate of drug-likeness (QED) is 0.630. The van der Waals surface area contributed by atoms with E-state index in [1.54, 1.807) is 29.6 Å². The molecule has 0 aliphatic carbocycles. The summed E-state index contributed by atoms with van der Waals surface area (Å²) in [5.74, 6) is -0.184. The highest BCUT2D eigenvalue weighted by atomic mass is 32.2. The maximum atomic E-state index is 12.9. The number of anilines is 1. The zero-order valence-electron chi connectivity index (χ0n) is 16.4. The van der Waals surface area contributed by atoms with Crippen LogP contribution in [0.1, 0.15) is 20.0 Å². The van der Waals surface area contributed by atoms with Gasteiger partial charge in [0.2, 0.25) is 0 Å². The van der Waals surface area contributed by atoms with E-state index in [4.69, 9.17) is 9.47 Å². The van der Waals surface area contributed by atoms with Crippen LogP contribution in [0.5, 0.6) is 11.5 Å². The third-order valence-corrected chi connectivity index (χ3v) is 7.20. The lowest BCUT2D eigenvalue weighted by atomic mass is 10.2. The van der Waals surface area contributed by atoms with Crippen LogP contribution in [-0.2, 0) is 10.0 Å². The lowest BCUT2D eigenvalue weighted by Crippen LogP contribution is -2.33. The van der Waals surface area contributed by atoms with Crippen LogP contribution < -0.4 is 14.8 Å². The topological polar surface area (TPSA) is 102 Å². The number of benzene rings is 2. The number of hydrogen-bond donors (Lipinski definition) is 1. The summed E-state index contributed by atoms with van der Waals surface area (Å²) in [4.78, 5) is 25.4. The average molecular weight is 459 g/mol. The number of nitrogens with one attached hydrogen (secondary N) is 1. The van der Waals surface area contributed by atoms with Crippen LogP contribution in [0, 0.1) is 0 Å². The number of amides is 2. The zero-order valence-corrected chi connectivity index (χ0v) is 18.0. The summed E-state index contributed by atoms with van der Waals surface area (Å²) in [6.07, 6.45) is 0. The molecule has 1 aliphatic rings. The number of fused-ring (bicyclic) bond motifs is 1. The van der Waals surface area contributed by atoms with Gasteiger partial charge in [-0.1, -0.05) is 6.07 Å². The first kappa shape index (κ1) is 20.9. The maximum absolute atomic E-state index is 12.9. The Balaban J connectivity index is 1.50. The Kier molecular flexibility index (Phi) is 5.66. The predicted octanol–water partition coefficient (Wildman–Crippen LogP) is 3.23. The third kappa shape index (κ3) is 4.25. The van der Waals surface area contributed by atoms with Gasteiger partial charge in [0.05, 0.1) is 9.77 Å². The zero-order chi connectivity index (χ0) is 22.0. The average Bonchev–Trinajstić information content (AvgIpc) is 3.33. The van der Waals surface area contributed by atoms with Gasteiger partial charge in [-0.2, -0.15) is 0 Å². The Morgan fingerprint density at radius 2 is 1.71 bits per heavy atom. The normalized spacial score (nSPS) is 12.8. The SMILES string of the molecule is CN(C(=O)c1ccc(NC(=O)c2cccs2)cc1)S(=O)(=O)c1ccc2c(c1)OCCO2. The molecule has 0 spiro atoms. The number of carbonyl (C=O) groups is 2. The Morgan fingerprint density at radius 3 is 2.39 bits per heavy atom. The fraction of sp³-hybridized carbons (Fsp3) is 0.143. The van der Waals surface area contributed by atoms with E-state index in [1.165, 1.54) is 48.7 Å². The lowest BCUT2D eigenvalue weighted by Gasteiger charge is -2.21. The second kappa shape index (κ2) is 8.40.